The Bertz CT molecular complexity index is 852. The quantitative estimate of drug-likeness (QED) is 0.516. The number of para-hydroxylation sites is 1. The van der Waals surface area contributed by atoms with Crippen LogP contribution in [0.15, 0.2) is 59.5 Å². The number of carbonyl (C=O) groups is 1. The molecule has 0 radical (unpaired) electrons. The summed E-state index contributed by atoms with van der Waals surface area (Å²) in [6.07, 6.45) is 2.11. The van der Waals surface area contributed by atoms with Crippen LogP contribution in [0.3, 0.4) is 0 Å². The molecule has 2 aromatic carbocycles. The van der Waals surface area contributed by atoms with Gasteiger partial charge in [0, 0.05) is 34.0 Å². The molecule has 1 aliphatic carbocycles. The minimum Gasteiger partial charge on any atom is -0.355 e. The minimum atomic E-state index is 0.220. The van der Waals surface area contributed by atoms with Crippen LogP contribution < -0.4 is 5.32 Å². The Balaban J connectivity index is 1.55. The van der Waals surface area contributed by atoms with E-state index in [0.717, 1.165) is 29.8 Å². The Labute approximate surface area is 145 Å². The molecular formula is C20H20N2OS. The molecule has 1 saturated carbocycles. The van der Waals surface area contributed by atoms with E-state index in [4.69, 9.17) is 0 Å². The van der Waals surface area contributed by atoms with E-state index >= 15 is 0 Å². The number of H-pyrrole nitrogens is 1. The lowest BCUT2D eigenvalue weighted by molar-refractivity contribution is -0.122. The van der Waals surface area contributed by atoms with E-state index < -0.39 is 0 Å². The van der Waals surface area contributed by atoms with Crippen molar-refractivity contribution in [1.29, 1.82) is 0 Å². The maximum Gasteiger partial charge on any atom is 0.223 e. The Morgan fingerprint density at radius 1 is 1.08 bits per heavy atom. The second-order valence-electron chi connectivity index (χ2n) is 6.15. The van der Waals surface area contributed by atoms with Crippen molar-refractivity contribution < 1.29 is 4.79 Å². The van der Waals surface area contributed by atoms with E-state index in [1.54, 1.807) is 11.8 Å². The second kappa shape index (κ2) is 6.73. The molecule has 3 nitrogen and oxygen atoms in total. The number of carbonyl (C=O) groups excluding carboxylic acids is 1. The van der Waals surface area contributed by atoms with Gasteiger partial charge in [0.2, 0.25) is 5.91 Å². The fourth-order valence-electron chi connectivity index (χ4n) is 2.89. The van der Waals surface area contributed by atoms with Gasteiger partial charge in [0.05, 0.1) is 5.69 Å². The normalized spacial score (nSPS) is 14.0. The van der Waals surface area contributed by atoms with Gasteiger partial charge in [-0.15, -0.1) is 11.8 Å². The molecule has 0 unspecified atom stereocenters. The van der Waals surface area contributed by atoms with Gasteiger partial charge in [-0.2, -0.15) is 0 Å². The molecule has 1 aliphatic rings. The minimum absolute atomic E-state index is 0.220. The number of amides is 1. The maximum atomic E-state index is 11.7. The number of nitrogens with one attached hydrogen (secondary N) is 2. The Kier molecular flexibility index (Phi) is 4.30. The van der Waals surface area contributed by atoms with Crippen molar-refractivity contribution in [3.63, 3.8) is 0 Å². The van der Waals surface area contributed by atoms with E-state index in [-0.39, 0.29) is 11.8 Å². The molecular weight excluding hydrogens is 316 g/mol. The molecule has 3 aromatic rings. The monoisotopic (exact) mass is 336 g/mol. The molecule has 0 aliphatic heterocycles. The van der Waals surface area contributed by atoms with Gasteiger partial charge < -0.3 is 10.3 Å². The molecule has 1 aromatic heterocycles. The topological polar surface area (TPSA) is 44.9 Å². The second-order valence-corrected chi connectivity index (χ2v) is 7.26. The van der Waals surface area contributed by atoms with Crippen molar-refractivity contribution in [3.05, 3.63) is 54.6 Å². The highest BCUT2D eigenvalue weighted by Crippen LogP contribution is 2.37. The standard InChI is InChI=1S/C20H20N2OS/c23-20(15-10-11-15)21-12-13-24-19-16-8-4-5-9-17(16)22-18(19)14-6-2-1-3-7-14/h1-9,15,22H,10-13H2,(H,21,23). The zero-order chi connectivity index (χ0) is 16.4. The van der Waals surface area contributed by atoms with E-state index in [2.05, 4.69) is 58.8 Å². The SMILES string of the molecule is O=C(NCCSc1c(-c2ccccc2)[nH]c2ccccc12)C1CC1. The van der Waals surface area contributed by atoms with Crippen LogP contribution in [0.4, 0.5) is 0 Å². The largest absolute Gasteiger partial charge is 0.355 e. The molecule has 4 rings (SSSR count). The lowest BCUT2D eigenvalue weighted by Gasteiger charge is -2.06. The summed E-state index contributed by atoms with van der Waals surface area (Å²) in [7, 11) is 0. The molecule has 122 valence electrons. The molecule has 1 heterocycles. The maximum absolute atomic E-state index is 11.7. The molecule has 0 bridgehead atoms. The van der Waals surface area contributed by atoms with Crippen LogP contribution in [-0.4, -0.2) is 23.2 Å². The number of rotatable bonds is 6. The van der Waals surface area contributed by atoms with Gasteiger partial charge in [0.25, 0.3) is 0 Å². The number of benzene rings is 2. The van der Waals surface area contributed by atoms with Gasteiger partial charge in [-0.3, -0.25) is 4.79 Å². The zero-order valence-electron chi connectivity index (χ0n) is 13.4. The van der Waals surface area contributed by atoms with Gasteiger partial charge >= 0.3 is 0 Å². The lowest BCUT2D eigenvalue weighted by atomic mass is 10.1. The fraction of sp³-hybridized carbons (Fsp3) is 0.250. The van der Waals surface area contributed by atoms with Crippen LogP contribution >= 0.6 is 11.8 Å². The predicted octanol–water partition coefficient (Wildman–Crippen LogP) is 4.45. The molecule has 0 atom stereocenters. The number of hydrogen-bond donors (Lipinski definition) is 2. The first kappa shape index (κ1) is 15.3. The molecule has 1 amide bonds. The molecule has 24 heavy (non-hydrogen) atoms. The Hall–Kier alpha value is -2.20. The van der Waals surface area contributed by atoms with Gasteiger partial charge in [0.15, 0.2) is 0 Å². The van der Waals surface area contributed by atoms with E-state index in [0.29, 0.717) is 6.54 Å². The number of aromatic amines is 1. The van der Waals surface area contributed by atoms with Crippen molar-refractivity contribution in [1.82, 2.24) is 10.3 Å². The van der Waals surface area contributed by atoms with Crippen LogP contribution in [0, 0.1) is 5.92 Å². The molecule has 1 fully saturated rings. The smallest absolute Gasteiger partial charge is 0.223 e. The highest BCUT2D eigenvalue weighted by atomic mass is 32.2. The van der Waals surface area contributed by atoms with Gasteiger partial charge in [0.1, 0.15) is 0 Å². The third-order valence-electron chi connectivity index (χ3n) is 4.32. The number of fused-ring (bicyclic) bond motifs is 1. The predicted molar refractivity (Wildman–Crippen MR) is 100 cm³/mol. The summed E-state index contributed by atoms with van der Waals surface area (Å²) in [5, 5.41) is 4.29. The molecule has 2 N–H and O–H groups in total. The number of aromatic nitrogens is 1. The van der Waals surface area contributed by atoms with Crippen molar-refractivity contribution in [3.8, 4) is 11.3 Å². The first-order valence-electron chi connectivity index (χ1n) is 8.39. The van der Waals surface area contributed by atoms with Crippen molar-refractivity contribution in [2.75, 3.05) is 12.3 Å². The van der Waals surface area contributed by atoms with Crippen molar-refractivity contribution in [2.24, 2.45) is 5.92 Å². The third kappa shape index (κ3) is 3.20. The Morgan fingerprint density at radius 2 is 1.83 bits per heavy atom. The van der Waals surface area contributed by atoms with E-state index in [1.165, 1.54) is 15.8 Å². The van der Waals surface area contributed by atoms with Gasteiger partial charge in [-0.25, -0.2) is 0 Å². The van der Waals surface area contributed by atoms with Gasteiger partial charge in [-0.1, -0.05) is 48.5 Å². The van der Waals surface area contributed by atoms with E-state index in [1.807, 2.05) is 6.07 Å². The first-order chi connectivity index (χ1) is 11.8. The fourth-order valence-corrected chi connectivity index (χ4v) is 3.95. The summed E-state index contributed by atoms with van der Waals surface area (Å²) in [6, 6.07) is 18.8. The average molecular weight is 336 g/mol. The molecule has 0 saturated heterocycles. The van der Waals surface area contributed by atoms with Crippen LogP contribution in [0.2, 0.25) is 0 Å². The summed E-state index contributed by atoms with van der Waals surface area (Å²) in [6.45, 7) is 0.716. The van der Waals surface area contributed by atoms with Crippen LogP contribution in [0.25, 0.3) is 22.2 Å². The van der Waals surface area contributed by atoms with Crippen LogP contribution in [0.1, 0.15) is 12.8 Å². The lowest BCUT2D eigenvalue weighted by Crippen LogP contribution is -2.26. The highest BCUT2D eigenvalue weighted by molar-refractivity contribution is 7.99. The summed E-state index contributed by atoms with van der Waals surface area (Å²) >= 11 is 1.81. The van der Waals surface area contributed by atoms with E-state index in [9.17, 15) is 4.79 Å². The number of thioether (sulfide) groups is 1. The summed E-state index contributed by atoms with van der Waals surface area (Å²) in [5.41, 5.74) is 3.51. The summed E-state index contributed by atoms with van der Waals surface area (Å²) in [5.74, 6) is 1.38. The zero-order valence-corrected chi connectivity index (χ0v) is 14.2. The van der Waals surface area contributed by atoms with Crippen molar-refractivity contribution in [2.45, 2.75) is 17.7 Å². The number of hydrogen-bond acceptors (Lipinski definition) is 2. The average Bonchev–Trinajstić information content (AvgIpc) is 3.41. The molecule has 4 heteroatoms. The first-order valence-corrected chi connectivity index (χ1v) is 9.38. The van der Waals surface area contributed by atoms with Crippen LogP contribution in [0.5, 0.6) is 0 Å². The van der Waals surface area contributed by atoms with Crippen molar-refractivity contribution >= 4 is 28.6 Å². The third-order valence-corrected chi connectivity index (χ3v) is 5.44. The Morgan fingerprint density at radius 3 is 2.62 bits per heavy atom. The summed E-state index contributed by atoms with van der Waals surface area (Å²) < 4.78 is 0. The summed E-state index contributed by atoms with van der Waals surface area (Å²) in [4.78, 5) is 16.6. The van der Waals surface area contributed by atoms with Crippen LogP contribution in [-0.2, 0) is 4.79 Å². The molecule has 0 spiro atoms. The highest BCUT2D eigenvalue weighted by Gasteiger charge is 2.29. The van der Waals surface area contributed by atoms with Gasteiger partial charge in [-0.05, 0) is 24.5 Å².